The van der Waals surface area contributed by atoms with Gasteiger partial charge in [-0.05, 0) is 59.7 Å². The maximum absolute atomic E-state index is 14.4. The Kier molecular flexibility index (Phi) is 6.12. The molecule has 0 aliphatic rings. The van der Waals surface area contributed by atoms with E-state index in [1.165, 1.54) is 36.4 Å². The molecule has 0 radical (unpaired) electrons. The maximum atomic E-state index is 14.4. The van der Waals surface area contributed by atoms with Crippen LogP contribution in [0.15, 0.2) is 72.8 Å². The molecule has 0 saturated heterocycles. The predicted molar refractivity (Wildman–Crippen MR) is 99.2 cm³/mol. The fourth-order valence-electron chi connectivity index (χ4n) is 3.19. The van der Waals surface area contributed by atoms with Gasteiger partial charge in [0.15, 0.2) is 0 Å². The molecule has 0 spiro atoms. The Balaban J connectivity index is 1.72. The molecule has 1 atom stereocenters. The summed E-state index contributed by atoms with van der Waals surface area (Å²) in [5.74, 6) is -2.54. The van der Waals surface area contributed by atoms with Crippen molar-refractivity contribution in [3.8, 4) is 0 Å². The van der Waals surface area contributed by atoms with Crippen molar-refractivity contribution in [3.05, 3.63) is 107 Å². The van der Waals surface area contributed by atoms with Crippen LogP contribution in [0.2, 0.25) is 0 Å². The van der Waals surface area contributed by atoms with Crippen molar-refractivity contribution in [3.63, 3.8) is 0 Å². The minimum absolute atomic E-state index is 0.163. The van der Waals surface area contributed by atoms with Crippen LogP contribution in [0.4, 0.5) is 22.0 Å². The van der Waals surface area contributed by atoms with Crippen LogP contribution in [0.3, 0.4) is 0 Å². The molecule has 28 heavy (non-hydrogen) atoms. The van der Waals surface area contributed by atoms with Crippen molar-refractivity contribution in [1.82, 2.24) is 0 Å². The second-order valence-electron chi connectivity index (χ2n) is 6.76. The highest BCUT2D eigenvalue weighted by Gasteiger charge is 2.40. The van der Waals surface area contributed by atoms with Crippen LogP contribution in [-0.4, -0.2) is 6.18 Å². The van der Waals surface area contributed by atoms with Gasteiger partial charge in [-0.1, -0.05) is 54.6 Å². The predicted octanol–water partition coefficient (Wildman–Crippen LogP) is 6.64. The van der Waals surface area contributed by atoms with Crippen LogP contribution >= 0.6 is 0 Å². The number of aryl methyl sites for hydroxylation is 2. The first kappa shape index (κ1) is 20.1. The Labute approximate surface area is 160 Å². The van der Waals surface area contributed by atoms with E-state index in [1.807, 2.05) is 0 Å². The van der Waals surface area contributed by atoms with Gasteiger partial charge in [0.2, 0.25) is 0 Å². The smallest absolute Gasteiger partial charge is 0.207 e. The number of hydrogen-bond acceptors (Lipinski definition) is 0. The Hall–Kier alpha value is -2.69. The van der Waals surface area contributed by atoms with Gasteiger partial charge in [0.05, 0.1) is 5.92 Å². The topological polar surface area (TPSA) is 0 Å². The Bertz CT molecular complexity index is 899. The summed E-state index contributed by atoms with van der Waals surface area (Å²) in [7, 11) is 0. The van der Waals surface area contributed by atoms with E-state index in [1.54, 1.807) is 36.4 Å². The van der Waals surface area contributed by atoms with Crippen molar-refractivity contribution >= 4 is 0 Å². The first-order chi connectivity index (χ1) is 13.3. The standard InChI is InChI=1S/C23H19F5/c24-20-12-8-16(9-13-20)6-10-19-11-7-17(15-22(19)25)14-21(23(26,27)28)18-4-2-1-3-5-18/h1-5,7-9,11-13,15,21H,6,10,14H2. The molecule has 0 nitrogen and oxygen atoms in total. The van der Waals surface area contributed by atoms with Gasteiger partial charge in [0, 0.05) is 0 Å². The van der Waals surface area contributed by atoms with Gasteiger partial charge >= 0.3 is 6.18 Å². The van der Waals surface area contributed by atoms with E-state index in [4.69, 9.17) is 0 Å². The lowest BCUT2D eigenvalue weighted by Gasteiger charge is -2.21. The van der Waals surface area contributed by atoms with E-state index in [9.17, 15) is 22.0 Å². The molecule has 5 heteroatoms. The minimum Gasteiger partial charge on any atom is -0.207 e. The summed E-state index contributed by atoms with van der Waals surface area (Å²) in [6.07, 6.45) is -3.83. The van der Waals surface area contributed by atoms with Crippen molar-refractivity contribution in [2.45, 2.75) is 31.4 Å². The second-order valence-corrected chi connectivity index (χ2v) is 6.76. The molecule has 0 bridgehead atoms. The molecule has 0 heterocycles. The third-order valence-electron chi connectivity index (χ3n) is 4.75. The summed E-state index contributed by atoms with van der Waals surface area (Å²) in [5, 5.41) is 0. The summed E-state index contributed by atoms with van der Waals surface area (Å²) in [6.45, 7) is 0. The van der Waals surface area contributed by atoms with E-state index in [-0.39, 0.29) is 17.8 Å². The highest BCUT2D eigenvalue weighted by molar-refractivity contribution is 5.30. The first-order valence-corrected chi connectivity index (χ1v) is 8.96. The van der Waals surface area contributed by atoms with Gasteiger partial charge in [-0.15, -0.1) is 0 Å². The van der Waals surface area contributed by atoms with Crippen molar-refractivity contribution in [2.24, 2.45) is 0 Å². The SMILES string of the molecule is Fc1ccc(CCc2ccc(CC(c3ccccc3)C(F)(F)F)cc2F)cc1. The normalized spacial score (nSPS) is 12.8. The Morgan fingerprint density at radius 1 is 0.714 bits per heavy atom. The fraction of sp³-hybridized carbons (Fsp3) is 0.217. The zero-order valence-electron chi connectivity index (χ0n) is 15.0. The lowest BCUT2D eigenvalue weighted by atomic mass is 9.90. The van der Waals surface area contributed by atoms with Crippen LogP contribution in [-0.2, 0) is 19.3 Å². The third kappa shape index (κ3) is 5.18. The number of alkyl halides is 3. The van der Waals surface area contributed by atoms with Crippen molar-refractivity contribution < 1.29 is 22.0 Å². The number of benzene rings is 3. The lowest BCUT2D eigenvalue weighted by molar-refractivity contribution is -0.150. The molecule has 3 rings (SSSR count). The van der Waals surface area contributed by atoms with E-state index in [2.05, 4.69) is 0 Å². The lowest BCUT2D eigenvalue weighted by Crippen LogP contribution is -2.23. The summed E-state index contributed by atoms with van der Waals surface area (Å²) in [6, 6.07) is 17.9. The quantitative estimate of drug-likeness (QED) is 0.414. The summed E-state index contributed by atoms with van der Waals surface area (Å²) >= 11 is 0. The van der Waals surface area contributed by atoms with E-state index in [0.717, 1.165) is 5.56 Å². The third-order valence-corrected chi connectivity index (χ3v) is 4.75. The van der Waals surface area contributed by atoms with Gasteiger partial charge in [0.1, 0.15) is 11.6 Å². The van der Waals surface area contributed by atoms with Crippen LogP contribution in [0.1, 0.15) is 28.2 Å². The number of halogens is 5. The molecule has 3 aromatic carbocycles. The zero-order valence-corrected chi connectivity index (χ0v) is 15.0. The monoisotopic (exact) mass is 390 g/mol. The number of rotatable bonds is 6. The summed E-state index contributed by atoms with van der Waals surface area (Å²) < 4.78 is 67.8. The van der Waals surface area contributed by atoms with E-state index >= 15 is 0 Å². The molecule has 0 fully saturated rings. The zero-order chi connectivity index (χ0) is 20.1. The number of hydrogen-bond donors (Lipinski definition) is 0. The average molecular weight is 390 g/mol. The van der Waals surface area contributed by atoms with Gasteiger partial charge in [-0.25, -0.2) is 8.78 Å². The average Bonchev–Trinajstić information content (AvgIpc) is 2.66. The Morgan fingerprint density at radius 3 is 1.96 bits per heavy atom. The molecule has 0 aliphatic heterocycles. The largest absolute Gasteiger partial charge is 0.396 e. The van der Waals surface area contributed by atoms with Crippen LogP contribution in [0.25, 0.3) is 0 Å². The second kappa shape index (κ2) is 8.55. The maximum Gasteiger partial charge on any atom is 0.396 e. The molecule has 146 valence electrons. The highest BCUT2D eigenvalue weighted by Crippen LogP contribution is 2.37. The molecular weight excluding hydrogens is 371 g/mol. The molecule has 1 unspecified atom stereocenters. The van der Waals surface area contributed by atoms with Gasteiger partial charge in [0.25, 0.3) is 0 Å². The van der Waals surface area contributed by atoms with E-state index in [0.29, 0.717) is 24.0 Å². The molecule has 0 amide bonds. The van der Waals surface area contributed by atoms with Gasteiger partial charge < -0.3 is 0 Å². The van der Waals surface area contributed by atoms with Crippen LogP contribution < -0.4 is 0 Å². The molecule has 0 saturated carbocycles. The van der Waals surface area contributed by atoms with Crippen LogP contribution in [0, 0.1) is 11.6 Å². The molecule has 0 N–H and O–H groups in total. The van der Waals surface area contributed by atoms with Crippen molar-refractivity contribution in [2.75, 3.05) is 0 Å². The fourth-order valence-corrected chi connectivity index (χ4v) is 3.19. The summed E-state index contributed by atoms with van der Waals surface area (Å²) in [5.41, 5.74) is 1.76. The molecule has 3 aromatic rings. The van der Waals surface area contributed by atoms with E-state index < -0.39 is 17.9 Å². The molecule has 0 aromatic heterocycles. The molecule has 0 aliphatic carbocycles. The summed E-state index contributed by atoms with van der Waals surface area (Å²) in [4.78, 5) is 0. The highest BCUT2D eigenvalue weighted by atomic mass is 19.4. The van der Waals surface area contributed by atoms with Crippen LogP contribution in [0.5, 0.6) is 0 Å². The first-order valence-electron chi connectivity index (χ1n) is 8.96. The van der Waals surface area contributed by atoms with Crippen molar-refractivity contribution in [1.29, 1.82) is 0 Å². The van der Waals surface area contributed by atoms with Gasteiger partial charge in [-0.2, -0.15) is 13.2 Å². The minimum atomic E-state index is -4.42. The molecular formula is C23H19F5. The van der Waals surface area contributed by atoms with Gasteiger partial charge in [-0.3, -0.25) is 0 Å². The Morgan fingerprint density at radius 2 is 1.36 bits per heavy atom.